The van der Waals surface area contributed by atoms with Crippen LogP contribution in [0, 0.1) is 23.2 Å². The van der Waals surface area contributed by atoms with E-state index in [2.05, 4.69) is 20.8 Å². The van der Waals surface area contributed by atoms with Gasteiger partial charge in [0.05, 0.1) is 0 Å². The summed E-state index contributed by atoms with van der Waals surface area (Å²) in [7, 11) is 0. The highest BCUT2D eigenvalue weighted by molar-refractivity contribution is 5.01. The molecule has 4 unspecified atom stereocenters. The van der Waals surface area contributed by atoms with Gasteiger partial charge in [-0.3, -0.25) is 0 Å². The zero-order valence-corrected chi connectivity index (χ0v) is 8.06. The average Bonchev–Trinajstić information content (AvgIpc) is 1.98. The van der Waals surface area contributed by atoms with Crippen LogP contribution in [0.25, 0.3) is 0 Å². The Morgan fingerprint density at radius 2 is 2.09 bits per heavy atom. The van der Waals surface area contributed by atoms with Gasteiger partial charge in [0, 0.05) is 0 Å². The fourth-order valence-electron chi connectivity index (χ4n) is 3.52. The predicted octanol–water partition coefficient (Wildman–Crippen LogP) is 3.47. The molecule has 2 aliphatic rings. The van der Waals surface area contributed by atoms with Crippen LogP contribution in [0.3, 0.4) is 0 Å². The molecule has 2 rings (SSSR count). The topological polar surface area (TPSA) is 0 Å². The summed E-state index contributed by atoms with van der Waals surface area (Å²) in [6.07, 6.45) is 5.96. The Morgan fingerprint density at radius 3 is 2.36 bits per heavy atom. The van der Waals surface area contributed by atoms with Gasteiger partial charge in [-0.2, -0.15) is 0 Å². The van der Waals surface area contributed by atoms with Crippen molar-refractivity contribution in [3.8, 4) is 0 Å². The molecule has 0 aromatic rings. The van der Waals surface area contributed by atoms with E-state index in [1.807, 2.05) is 0 Å². The Morgan fingerprint density at radius 1 is 1.36 bits per heavy atom. The molecule has 0 spiro atoms. The highest BCUT2D eigenvalue weighted by atomic mass is 14.6. The fourth-order valence-corrected chi connectivity index (χ4v) is 3.52. The van der Waals surface area contributed by atoms with Crippen LogP contribution < -0.4 is 0 Å². The first-order valence-electron chi connectivity index (χ1n) is 5.17. The molecule has 0 heterocycles. The minimum atomic E-state index is 0.725. The van der Waals surface area contributed by atoms with Gasteiger partial charge in [0.25, 0.3) is 0 Å². The SMILES string of the molecule is CCC1(C)CC(C)C2CCC21. The molecule has 64 valence electrons. The lowest BCUT2D eigenvalue weighted by molar-refractivity contribution is 0.0886. The summed E-state index contributed by atoms with van der Waals surface area (Å²) in [5.41, 5.74) is 0.725. The van der Waals surface area contributed by atoms with E-state index >= 15 is 0 Å². The molecule has 0 N–H and O–H groups in total. The van der Waals surface area contributed by atoms with Crippen molar-refractivity contribution >= 4 is 0 Å². The second kappa shape index (κ2) is 2.24. The van der Waals surface area contributed by atoms with Gasteiger partial charge in [-0.15, -0.1) is 0 Å². The molecule has 0 aromatic carbocycles. The molecule has 0 aliphatic heterocycles. The smallest absolute Gasteiger partial charge is 0.0295 e. The van der Waals surface area contributed by atoms with Crippen molar-refractivity contribution in [3.63, 3.8) is 0 Å². The van der Waals surface area contributed by atoms with Gasteiger partial charge in [0.15, 0.2) is 0 Å². The van der Waals surface area contributed by atoms with Crippen molar-refractivity contribution < 1.29 is 0 Å². The van der Waals surface area contributed by atoms with E-state index in [0.29, 0.717) is 0 Å². The van der Waals surface area contributed by atoms with E-state index in [9.17, 15) is 0 Å². The van der Waals surface area contributed by atoms with Crippen LogP contribution in [0.4, 0.5) is 0 Å². The molecule has 0 radical (unpaired) electrons. The molecular formula is C11H20. The second-order valence-electron chi connectivity index (χ2n) is 5.04. The van der Waals surface area contributed by atoms with E-state index in [4.69, 9.17) is 0 Å². The zero-order chi connectivity index (χ0) is 8.06. The molecule has 2 aliphatic carbocycles. The van der Waals surface area contributed by atoms with Crippen LogP contribution in [0.15, 0.2) is 0 Å². The zero-order valence-electron chi connectivity index (χ0n) is 8.06. The Hall–Kier alpha value is 0. The number of hydrogen-bond donors (Lipinski definition) is 0. The van der Waals surface area contributed by atoms with Crippen molar-refractivity contribution in [1.29, 1.82) is 0 Å². The molecular weight excluding hydrogens is 132 g/mol. The van der Waals surface area contributed by atoms with Gasteiger partial charge in [-0.1, -0.05) is 27.2 Å². The molecule has 0 heteroatoms. The standard InChI is InChI=1S/C11H20/c1-4-11(3)7-8(2)9-5-6-10(9)11/h8-10H,4-7H2,1-3H3. The Bertz CT molecular complexity index is 161. The van der Waals surface area contributed by atoms with Crippen LogP contribution in [-0.4, -0.2) is 0 Å². The summed E-state index contributed by atoms with van der Waals surface area (Å²) in [5, 5.41) is 0. The molecule has 0 amide bonds. The van der Waals surface area contributed by atoms with Gasteiger partial charge >= 0.3 is 0 Å². The van der Waals surface area contributed by atoms with Crippen molar-refractivity contribution in [2.75, 3.05) is 0 Å². The maximum absolute atomic E-state index is 2.51. The molecule has 11 heavy (non-hydrogen) atoms. The minimum absolute atomic E-state index is 0.725. The quantitative estimate of drug-likeness (QED) is 0.539. The summed E-state index contributed by atoms with van der Waals surface area (Å²) < 4.78 is 0. The van der Waals surface area contributed by atoms with Gasteiger partial charge in [0.2, 0.25) is 0 Å². The Balaban J connectivity index is 2.15. The van der Waals surface area contributed by atoms with E-state index in [1.54, 1.807) is 0 Å². The third kappa shape index (κ3) is 0.878. The van der Waals surface area contributed by atoms with Crippen molar-refractivity contribution in [3.05, 3.63) is 0 Å². The predicted molar refractivity (Wildman–Crippen MR) is 48.4 cm³/mol. The number of hydrogen-bond acceptors (Lipinski definition) is 0. The molecule has 0 bridgehead atoms. The number of rotatable bonds is 1. The van der Waals surface area contributed by atoms with Crippen LogP contribution in [0.1, 0.15) is 46.5 Å². The summed E-state index contributed by atoms with van der Waals surface area (Å²) in [4.78, 5) is 0. The van der Waals surface area contributed by atoms with Gasteiger partial charge in [-0.05, 0) is 42.4 Å². The molecule has 0 aromatic heterocycles. The molecule has 0 saturated heterocycles. The highest BCUT2D eigenvalue weighted by Gasteiger charge is 2.52. The van der Waals surface area contributed by atoms with Crippen molar-refractivity contribution in [2.24, 2.45) is 23.2 Å². The van der Waals surface area contributed by atoms with Gasteiger partial charge in [-0.25, -0.2) is 0 Å². The molecule has 0 nitrogen and oxygen atoms in total. The average molecular weight is 152 g/mol. The summed E-state index contributed by atoms with van der Waals surface area (Å²) in [6, 6.07) is 0. The lowest BCUT2D eigenvalue weighted by atomic mass is 9.64. The highest BCUT2D eigenvalue weighted by Crippen LogP contribution is 2.61. The largest absolute Gasteiger partial charge is 0.0649 e. The fraction of sp³-hybridized carbons (Fsp3) is 1.00. The first-order valence-corrected chi connectivity index (χ1v) is 5.17. The third-order valence-corrected chi connectivity index (χ3v) is 4.55. The first kappa shape index (κ1) is 7.64. The van der Waals surface area contributed by atoms with E-state index in [1.165, 1.54) is 25.7 Å². The van der Waals surface area contributed by atoms with Gasteiger partial charge < -0.3 is 0 Å². The summed E-state index contributed by atoms with van der Waals surface area (Å²) in [6.45, 7) is 7.33. The Labute approximate surface area is 70.4 Å². The normalized spacial score (nSPS) is 55.4. The molecule has 2 saturated carbocycles. The molecule has 4 atom stereocenters. The summed E-state index contributed by atoms with van der Waals surface area (Å²) in [5.74, 6) is 3.24. The van der Waals surface area contributed by atoms with E-state index < -0.39 is 0 Å². The monoisotopic (exact) mass is 152 g/mol. The second-order valence-corrected chi connectivity index (χ2v) is 5.04. The van der Waals surface area contributed by atoms with Crippen LogP contribution >= 0.6 is 0 Å². The first-order chi connectivity index (χ1) is 5.17. The third-order valence-electron chi connectivity index (χ3n) is 4.55. The number of fused-ring (bicyclic) bond motifs is 1. The molecule has 2 fully saturated rings. The maximum Gasteiger partial charge on any atom is -0.0295 e. The van der Waals surface area contributed by atoms with Crippen LogP contribution in [0.5, 0.6) is 0 Å². The lowest BCUT2D eigenvalue weighted by Crippen LogP contribution is -2.32. The van der Waals surface area contributed by atoms with Crippen molar-refractivity contribution in [2.45, 2.75) is 46.5 Å². The van der Waals surface area contributed by atoms with Crippen LogP contribution in [-0.2, 0) is 0 Å². The van der Waals surface area contributed by atoms with Crippen molar-refractivity contribution in [1.82, 2.24) is 0 Å². The van der Waals surface area contributed by atoms with E-state index in [-0.39, 0.29) is 0 Å². The maximum atomic E-state index is 2.51. The lowest BCUT2D eigenvalue weighted by Gasteiger charge is -2.41. The van der Waals surface area contributed by atoms with E-state index in [0.717, 1.165) is 23.2 Å². The minimum Gasteiger partial charge on any atom is -0.0649 e. The van der Waals surface area contributed by atoms with Gasteiger partial charge in [0.1, 0.15) is 0 Å². The van der Waals surface area contributed by atoms with Crippen LogP contribution in [0.2, 0.25) is 0 Å². The Kier molecular flexibility index (Phi) is 1.56. The summed E-state index contributed by atoms with van der Waals surface area (Å²) >= 11 is 0.